The van der Waals surface area contributed by atoms with E-state index in [1.165, 1.54) is 0 Å². The summed E-state index contributed by atoms with van der Waals surface area (Å²) in [6, 6.07) is 15.6. The van der Waals surface area contributed by atoms with Crippen LogP contribution < -0.4 is 4.74 Å². The highest BCUT2D eigenvalue weighted by Gasteiger charge is 2.41. The molecule has 4 rings (SSSR count). The zero-order chi connectivity index (χ0) is 14.4. The lowest BCUT2D eigenvalue weighted by atomic mass is 9.93. The van der Waals surface area contributed by atoms with Gasteiger partial charge in [-0.25, -0.2) is 0 Å². The van der Waals surface area contributed by atoms with Gasteiger partial charge in [-0.3, -0.25) is 0 Å². The Hall–Kier alpha value is -2.26. The number of benzene rings is 2. The molecule has 3 aromatic rings. The molecule has 0 aliphatic heterocycles. The van der Waals surface area contributed by atoms with E-state index in [0.717, 1.165) is 34.3 Å². The van der Waals surface area contributed by atoms with Gasteiger partial charge in [0.05, 0.1) is 7.11 Å². The zero-order valence-electron chi connectivity index (χ0n) is 11.8. The molecule has 3 heteroatoms. The standard InChI is InChI=1S/C18H16O3/c1-20-14-7-6-12-8-9-18(19,15(12)11-14)17-10-13-4-2-3-5-16(13)21-17/h2-7,10-11,19H,8-9H2,1H3. The maximum absolute atomic E-state index is 11.2. The zero-order valence-corrected chi connectivity index (χ0v) is 11.8. The topological polar surface area (TPSA) is 42.6 Å². The highest BCUT2D eigenvalue weighted by atomic mass is 16.5. The quantitative estimate of drug-likeness (QED) is 0.779. The summed E-state index contributed by atoms with van der Waals surface area (Å²) >= 11 is 0. The molecular weight excluding hydrogens is 264 g/mol. The van der Waals surface area contributed by atoms with Crippen LogP contribution in [0.2, 0.25) is 0 Å². The Kier molecular flexibility index (Phi) is 2.59. The molecule has 1 unspecified atom stereocenters. The lowest BCUT2D eigenvalue weighted by molar-refractivity contribution is 0.0603. The van der Waals surface area contributed by atoms with Crippen molar-refractivity contribution in [2.24, 2.45) is 0 Å². The van der Waals surface area contributed by atoms with Gasteiger partial charge in [0.2, 0.25) is 0 Å². The summed E-state index contributed by atoms with van der Waals surface area (Å²) in [6.07, 6.45) is 1.47. The Morgan fingerprint density at radius 3 is 2.81 bits per heavy atom. The van der Waals surface area contributed by atoms with Gasteiger partial charge in [-0.1, -0.05) is 24.3 Å². The number of aryl methyl sites for hydroxylation is 1. The molecule has 0 saturated carbocycles. The van der Waals surface area contributed by atoms with Crippen molar-refractivity contribution in [3.63, 3.8) is 0 Å². The van der Waals surface area contributed by atoms with Gasteiger partial charge in [-0.2, -0.15) is 0 Å². The molecule has 106 valence electrons. The number of fused-ring (bicyclic) bond motifs is 2. The Labute approximate surface area is 122 Å². The Balaban J connectivity index is 1.89. The Bertz CT molecular complexity index is 785. The monoisotopic (exact) mass is 280 g/mol. The molecule has 0 saturated heterocycles. The van der Waals surface area contributed by atoms with E-state index in [1.807, 2.05) is 48.5 Å². The number of furan rings is 1. The second-order valence-corrected chi connectivity index (χ2v) is 5.53. The SMILES string of the molecule is COc1ccc2c(c1)C(O)(c1cc3ccccc3o1)CC2. The summed E-state index contributed by atoms with van der Waals surface area (Å²) in [5.74, 6) is 1.36. The van der Waals surface area contributed by atoms with Crippen molar-refractivity contribution in [3.8, 4) is 5.75 Å². The summed E-state index contributed by atoms with van der Waals surface area (Å²) in [5.41, 5.74) is 1.78. The van der Waals surface area contributed by atoms with Crippen LogP contribution in [0.1, 0.15) is 23.3 Å². The number of ether oxygens (including phenoxy) is 1. The van der Waals surface area contributed by atoms with Crippen molar-refractivity contribution in [3.05, 3.63) is 65.4 Å². The average Bonchev–Trinajstić information content (AvgIpc) is 3.10. The molecule has 21 heavy (non-hydrogen) atoms. The van der Waals surface area contributed by atoms with E-state index in [-0.39, 0.29) is 0 Å². The highest BCUT2D eigenvalue weighted by molar-refractivity contribution is 5.78. The molecule has 0 spiro atoms. The maximum atomic E-state index is 11.2. The molecular formula is C18H16O3. The molecule has 1 aliphatic carbocycles. The van der Waals surface area contributed by atoms with Crippen LogP contribution in [0.15, 0.2) is 52.9 Å². The number of para-hydroxylation sites is 1. The Morgan fingerprint density at radius 2 is 2.00 bits per heavy atom. The molecule has 0 amide bonds. The van der Waals surface area contributed by atoms with Gasteiger partial charge in [0.1, 0.15) is 22.7 Å². The third kappa shape index (κ3) is 1.78. The Morgan fingerprint density at radius 1 is 1.14 bits per heavy atom. The fraction of sp³-hybridized carbons (Fsp3) is 0.222. The van der Waals surface area contributed by atoms with Crippen molar-refractivity contribution in [2.75, 3.05) is 7.11 Å². The van der Waals surface area contributed by atoms with Gasteiger partial charge in [-0.15, -0.1) is 0 Å². The first-order valence-corrected chi connectivity index (χ1v) is 7.09. The van der Waals surface area contributed by atoms with Crippen LogP contribution in [0.25, 0.3) is 11.0 Å². The van der Waals surface area contributed by atoms with Crippen molar-refractivity contribution < 1.29 is 14.3 Å². The smallest absolute Gasteiger partial charge is 0.148 e. The maximum Gasteiger partial charge on any atom is 0.148 e. The molecule has 1 N–H and O–H groups in total. The summed E-state index contributed by atoms with van der Waals surface area (Å²) < 4.78 is 11.2. The van der Waals surface area contributed by atoms with E-state index in [9.17, 15) is 5.11 Å². The lowest BCUT2D eigenvalue weighted by Gasteiger charge is -2.21. The van der Waals surface area contributed by atoms with E-state index in [4.69, 9.17) is 9.15 Å². The number of hydrogen-bond donors (Lipinski definition) is 1. The first-order chi connectivity index (χ1) is 10.2. The molecule has 1 aromatic heterocycles. The molecule has 2 aromatic carbocycles. The molecule has 3 nitrogen and oxygen atoms in total. The second-order valence-electron chi connectivity index (χ2n) is 5.53. The van der Waals surface area contributed by atoms with Gasteiger partial charge in [-0.05, 0) is 48.2 Å². The fourth-order valence-corrected chi connectivity index (χ4v) is 3.18. The largest absolute Gasteiger partial charge is 0.497 e. The average molecular weight is 280 g/mol. The highest BCUT2D eigenvalue weighted by Crippen LogP contribution is 2.44. The van der Waals surface area contributed by atoms with Crippen LogP contribution in [-0.4, -0.2) is 12.2 Å². The van der Waals surface area contributed by atoms with E-state index < -0.39 is 5.60 Å². The number of aliphatic hydroxyl groups is 1. The second kappa shape index (κ2) is 4.37. The summed E-state index contributed by atoms with van der Waals surface area (Å²) in [4.78, 5) is 0. The third-order valence-electron chi connectivity index (χ3n) is 4.35. The molecule has 1 atom stereocenters. The van der Waals surface area contributed by atoms with E-state index in [2.05, 4.69) is 0 Å². The lowest BCUT2D eigenvalue weighted by Crippen LogP contribution is -2.23. The summed E-state index contributed by atoms with van der Waals surface area (Å²) in [7, 11) is 1.64. The molecule has 1 heterocycles. The predicted octanol–water partition coefficient (Wildman–Crippen LogP) is 3.62. The number of methoxy groups -OCH3 is 1. The van der Waals surface area contributed by atoms with Gasteiger partial charge < -0.3 is 14.3 Å². The first-order valence-electron chi connectivity index (χ1n) is 7.09. The third-order valence-corrected chi connectivity index (χ3v) is 4.35. The molecule has 0 fully saturated rings. The van der Waals surface area contributed by atoms with Crippen molar-refractivity contribution in [1.82, 2.24) is 0 Å². The molecule has 0 radical (unpaired) electrons. The van der Waals surface area contributed by atoms with Crippen LogP contribution in [0.3, 0.4) is 0 Å². The fourth-order valence-electron chi connectivity index (χ4n) is 3.18. The van der Waals surface area contributed by atoms with E-state index >= 15 is 0 Å². The molecule has 1 aliphatic rings. The van der Waals surface area contributed by atoms with Gasteiger partial charge >= 0.3 is 0 Å². The molecule has 0 bridgehead atoms. The van der Waals surface area contributed by atoms with Crippen LogP contribution in [-0.2, 0) is 12.0 Å². The summed E-state index contributed by atoms with van der Waals surface area (Å²) in [5, 5.41) is 12.2. The van der Waals surface area contributed by atoms with Crippen LogP contribution in [0.5, 0.6) is 5.75 Å². The normalized spacial score (nSPS) is 20.7. The minimum absolute atomic E-state index is 0.607. The van der Waals surface area contributed by atoms with Crippen LogP contribution in [0, 0.1) is 0 Å². The van der Waals surface area contributed by atoms with E-state index in [0.29, 0.717) is 12.2 Å². The minimum atomic E-state index is -1.07. The van der Waals surface area contributed by atoms with Crippen molar-refractivity contribution in [1.29, 1.82) is 0 Å². The van der Waals surface area contributed by atoms with Gasteiger partial charge in [0, 0.05) is 5.39 Å². The predicted molar refractivity (Wildman–Crippen MR) is 80.5 cm³/mol. The number of rotatable bonds is 2. The first kappa shape index (κ1) is 12.5. The van der Waals surface area contributed by atoms with Crippen molar-refractivity contribution >= 4 is 11.0 Å². The van der Waals surface area contributed by atoms with Gasteiger partial charge in [0.15, 0.2) is 0 Å². The van der Waals surface area contributed by atoms with Crippen LogP contribution >= 0.6 is 0 Å². The minimum Gasteiger partial charge on any atom is -0.497 e. The van der Waals surface area contributed by atoms with Gasteiger partial charge in [0.25, 0.3) is 0 Å². The van der Waals surface area contributed by atoms with E-state index in [1.54, 1.807) is 7.11 Å². The number of hydrogen-bond acceptors (Lipinski definition) is 3. The van der Waals surface area contributed by atoms with Crippen molar-refractivity contribution in [2.45, 2.75) is 18.4 Å². The van der Waals surface area contributed by atoms with Crippen LogP contribution in [0.4, 0.5) is 0 Å². The summed E-state index contributed by atoms with van der Waals surface area (Å²) in [6.45, 7) is 0.